The number of phenolic OH excluding ortho intramolecular Hbond substituents is 2. The Morgan fingerprint density at radius 2 is 1.79 bits per heavy atom. The van der Waals surface area contributed by atoms with Crippen molar-refractivity contribution in [1.29, 1.82) is 0 Å². The van der Waals surface area contributed by atoms with Crippen LogP contribution in [0.25, 0.3) is 0 Å². The molecule has 0 aliphatic carbocycles. The molecule has 0 saturated carbocycles. The number of carbonyl (C=O) groups excluding carboxylic acids is 3. The average Bonchev–Trinajstić information content (AvgIpc) is 2.92. The van der Waals surface area contributed by atoms with Gasteiger partial charge in [0.2, 0.25) is 6.29 Å². The van der Waals surface area contributed by atoms with E-state index in [2.05, 4.69) is 0 Å². The summed E-state index contributed by atoms with van der Waals surface area (Å²) in [6, 6.07) is 4.16. The summed E-state index contributed by atoms with van der Waals surface area (Å²) >= 11 is 0. The minimum absolute atomic E-state index is 0.0709. The van der Waals surface area contributed by atoms with Crippen LogP contribution in [0.15, 0.2) is 30.0 Å². The highest BCUT2D eigenvalue weighted by Gasteiger charge is 2.48. The molecule has 1 saturated heterocycles. The number of hydrogen-bond acceptors (Lipinski definition) is 14. The molecule has 8 atom stereocenters. The van der Waals surface area contributed by atoms with Crippen LogP contribution in [0.5, 0.6) is 11.5 Å². The lowest BCUT2D eigenvalue weighted by Crippen LogP contribution is -2.60. The zero-order valence-corrected chi connectivity index (χ0v) is 21.0. The number of esters is 2. The van der Waals surface area contributed by atoms with Gasteiger partial charge in [0.15, 0.2) is 17.8 Å². The van der Waals surface area contributed by atoms with E-state index in [1.165, 1.54) is 12.1 Å². The summed E-state index contributed by atoms with van der Waals surface area (Å²) in [5.74, 6) is -4.14. The molecule has 39 heavy (non-hydrogen) atoms. The molecule has 0 aromatic heterocycles. The molecule has 1 fully saturated rings. The molecule has 0 radical (unpaired) electrons. The maximum absolute atomic E-state index is 12.7. The van der Waals surface area contributed by atoms with E-state index in [9.17, 15) is 45.0 Å². The van der Waals surface area contributed by atoms with Crippen molar-refractivity contribution >= 4 is 18.2 Å². The van der Waals surface area contributed by atoms with Gasteiger partial charge in [0, 0.05) is 24.7 Å². The zero-order valence-electron chi connectivity index (χ0n) is 21.0. The summed E-state index contributed by atoms with van der Waals surface area (Å²) in [5, 5.41) is 58.8. The lowest BCUT2D eigenvalue weighted by atomic mass is 9.80. The highest BCUT2D eigenvalue weighted by atomic mass is 16.8. The molecule has 1 aromatic carbocycles. The van der Waals surface area contributed by atoms with Gasteiger partial charge >= 0.3 is 11.9 Å². The second-order valence-electron chi connectivity index (χ2n) is 9.07. The highest BCUT2D eigenvalue weighted by molar-refractivity contribution is 5.90. The third kappa shape index (κ3) is 7.23. The van der Waals surface area contributed by atoms with Crippen LogP contribution >= 0.6 is 0 Å². The predicted molar refractivity (Wildman–Crippen MR) is 127 cm³/mol. The van der Waals surface area contributed by atoms with Gasteiger partial charge in [0.25, 0.3) is 0 Å². The summed E-state index contributed by atoms with van der Waals surface area (Å²) in [6.07, 6.45) is -8.23. The molecule has 14 heteroatoms. The number of carbonyl (C=O) groups is 3. The molecule has 0 bridgehead atoms. The van der Waals surface area contributed by atoms with Crippen molar-refractivity contribution in [2.24, 2.45) is 11.8 Å². The first-order chi connectivity index (χ1) is 18.6. The minimum atomic E-state index is -1.75. The largest absolute Gasteiger partial charge is 0.504 e. The van der Waals surface area contributed by atoms with Crippen LogP contribution in [0, 0.1) is 11.8 Å². The van der Waals surface area contributed by atoms with E-state index in [1.807, 2.05) is 0 Å². The molecule has 14 nitrogen and oxygen atoms in total. The number of aliphatic hydroxyl groups excluding tert-OH is 4. The standard InChI is InChI=1S/C25H32O14/c1-35-23(34)15-11-37-24(39-25-22(33)21(32)20(31)18(10-27)38-25)13(4-6-26)14(15)9-19(30)36-7-5-12-2-3-16(28)17(29)8-12/h2-3,6,8,11,13-14,18,20-22,24-25,27-29,31-33H,4-5,7,9-10H2,1H3/t13-,14+,18-,20-,21+,22-,24+,25+/m1/s1. The van der Waals surface area contributed by atoms with Crippen LogP contribution in [0.3, 0.4) is 0 Å². The van der Waals surface area contributed by atoms with E-state index < -0.39 is 73.8 Å². The second-order valence-corrected chi connectivity index (χ2v) is 9.07. The van der Waals surface area contributed by atoms with Gasteiger partial charge in [-0.2, -0.15) is 0 Å². The van der Waals surface area contributed by atoms with Crippen LogP contribution in [0.1, 0.15) is 18.4 Å². The number of benzene rings is 1. The maximum atomic E-state index is 12.7. The van der Waals surface area contributed by atoms with Gasteiger partial charge in [-0.25, -0.2) is 4.79 Å². The fourth-order valence-corrected chi connectivity index (χ4v) is 4.40. The normalized spacial score (nSPS) is 30.5. The van der Waals surface area contributed by atoms with Gasteiger partial charge in [0.1, 0.15) is 30.7 Å². The zero-order chi connectivity index (χ0) is 28.7. The predicted octanol–water partition coefficient (Wildman–Crippen LogP) is -1.38. The van der Waals surface area contributed by atoms with E-state index in [0.29, 0.717) is 11.8 Å². The third-order valence-electron chi connectivity index (χ3n) is 6.58. The van der Waals surface area contributed by atoms with Crippen LogP contribution < -0.4 is 0 Å². The van der Waals surface area contributed by atoms with Crippen molar-refractivity contribution in [3.63, 3.8) is 0 Å². The summed E-state index contributed by atoms with van der Waals surface area (Å²) in [4.78, 5) is 36.7. The third-order valence-corrected chi connectivity index (χ3v) is 6.58. The fraction of sp³-hybridized carbons (Fsp3) is 0.560. The molecule has 0 unspecified atom stereocenters. The van der Waals surface area contributed by atoms with Crippen molar-refractivity contribution in [1.82, 2.24) is 0 Å². The summed E-state index contributed by atoms with van der Waals surface area (Å²) < 4.78 is 26.6. The van der Waals surface area contributed by atoms with Crippen molar-refractivity contribution in [3.8, 4) is 11.5 Å². The topological polar surface area (TPSA) is 219 Å². The van der Waals surface area contributed by atoms with E-state index in [-0.39, 0.29) is 36.5 Å². The number of aliphatic hydroxyl groups is 4. The molecule has 2 aliphatic rings. The number of aromatic hydroxyl groups is 2. The van der Waals surface area contributed by atoms with Crippen molar-refractivity contribution < 1.29 is 68.7 Å². The Morgan fingerprint density at radius 1 is 1.05 bits per heavy atom. The Labute approximate surface area is 222 Å². The number of methoxy groups -OCH3 is 1. The maximum Gasteiger partial charge on any atom is 0.337 e. The van der Waals surface area contributed by atoms with Crippen molar-refractivity contribution in [2.75, 3.05) is 20.3 Å². The molecule has 2 heterocycles. The van der Waals surface area contributed by atoms with E-state index in [4.69, 9.17) is 23.7 Å². The van der Waals surface area contributed by atoms with E-state index in [1.54, 1.807) is 6.07 Å². The smallest absolute Gasteiger partial charge is 0.337 e. The van der Waals surface area contributed by atoms with E-state index in [0.717, 1.165) is 13.4 Å². The SMILES string of the molecule is COC(=O)C1=CO[C@@H](O[C@@H]2O[C@H](CO)[C@@H](O)[C@H](O)[C@H]2O)[C@H](CC=O)[C@@H]1CC(=O)OCCc1ccc(O)c(O)c1. The lowest BCUT2D eigenvalue weighted by molar-refractivity contribution is -0.341. The molecular formula is C25H32O14. The monoisotopic (exact) mass is 556 g/mol. The molecular weight excluding hydrogens is 524 g/mol. The lowest BCUT2D eigenvalue weighted by Gasteiger charge is -2.43. The van der Waals surface area contributed by atoms with Gasteiger partial charge in [0.05, 0.1) is 38.6 Å². The molecule has 6 N–H and O–H groups in total. The van der Waals surface area contributed by atoms with Crippen molar-refractivity contribution in [3.05, 3.63) is 35.6 Å². The van der Waals surface area contributed by atoms with E-state index >= 15 is 0 Å². The molecule has 1 aromatic rings. The molecule has 216 valence electrons. The second kappa shape index (κ2) is 13.7. The van der Waals surface area contributed by atoms with Gasteiger partial charge < -0.3 is 59.1 Å². The van der Waals surface area contributed by atoms with Gasteiger partial charge in [-0.1, -0.05) is 6.07 Å². The highest BCUT2D eigenvalue weighted by Crippen LogP contribution is 2.38. The van der Waals surface area contributed by atoms with Gasteiger partial charge in [-0.05, 0) is 17.7 Å². The molecule has 0 amide bonds. The molecule has 3 rings (SSSR count). The van der Waals surface area contributed by atoms with Crippen LogP contribution in [0.4, 0.5) is 0 Å². The fourth-order valence-electron chi connectivity index (χ4n) is 4.40. The Morgan fingerprint density at radius 3 is 2.44 bits per heavy atom. The van der Waals surface area contributed by atoms with Crippen LogP contribution in [-0.2, 0) is 44.5 Å². The van der Waals surface area contributed by atoms with Crippen LogP contribution in [0.2, 0.25) is 0 Å². The summed E-state index contributed by atoms with van der Waals surface area (Å²) in [5.41, 5.74) is 0.518. The first-order valence-corrected chi connectivity index (χ1v) is 12.1. The number of rotatable bonds is 11. The van der Waals surface area contributed by atoms with Crippen LogP contribution in [-0.4, -0.2) is 106 Å². The minimum Gasteiger partial charge on any atom is -0.504 e. The Kier molecular flexibility index (Phi) is 10.6. The Balaban J connectivity index is 1.73. The first-order valence-electron chi connectivity index (χ1n) is 12.1. The number of hydrogen-bond donors (Lipinski definition) is 6. The van der Waals surface area contributed by atoms with Crippen molar-refractivity contribution in [2.45, 2.75) is 56.3 Å². The van der Waals surface area contributed by atoms with Gasteiger partial charge in [-0.15, -0.1) is 0 Å². The van der Waals surface area contributed by atoms with Gasteiger partial charge in [-0.3, -0.25) is 4.79 Å². The Bertz CT molecular complexity index is 1040. The first kappa shape index (κ1) is 30.3. The number of phenols is 2. The molecule has 2 aliphatic heterocycles. The Hall–Kier alpha value is -3.27. The quantitative estimate of drug-likeness (QED) is 0.105. The summed E-state index contributed by atoms with van der Waals surface area (Å²) in [7, 11) is 1.12. The number of aldehydes is 1. The summed E-state index contributed by atoms with van der Waals surface area (Å²) in [6.45, 7) is -0.786. The molecule has 0 spiro atoms. The average molecular weight is 557 g/mol. The number of ether oxygens (including phenoxy) is 5.